The fraction of sp³-hybridized carbons (Fsp3) is 0.333. The van der Waals surface area contributed by atoms with E-state index in [0.717, 1.165) is 0 Å². The van der Waals surface area contributed by atoms with E-state index in [-0.39, 0.29) is 36.2 Å². The first-order valence-electron chi connectivity index (χ1n) is 6.53. The predicted octanol–water partition coefficient (Wildman–Crippen LogP) is 2.40. The number of ether oxygens (including phenoxy) is 3. The fourth-order valence-corrected chi connectivity index (χ4v) is 1.77. The second-order valence-corrected chi connectivity index (χ2v) is 5.42. The number of hydrogen-bond acceptors (Lipinski definition) is 6. The molecular weight excluding hydrogens is 347 g/mol. The van der Waals surface area contributed by atoms with E-state index in [1.807, 2.05) is 0 Å². The van der Waals surface area contributed by atoms with Crippen LogP contribution < -0.4 is 4.74 Å². The molecule has 0 heterocycles. The van der Waals surface area contributed by atoms with Crippen molar-refractivity contribution in [1.82, 2.24) is 0 Å². The molecular formula is C15H16Cl2O6. The van der Waals surface area contributed by atoms with Crippen molar-refractivity contribution in [3.8, 4) is 5.75 Å². The first-order valence-corrected chi connectivity index (χ1v) is 7.29. The van der Waals surface area contributed by atoms with Crippen LogP contribution in [-0.4, -0.2) is 43.0 Å². The minimum Gasteiger partial charge on any atom is -0.480 e. The van der Waals surface area contributed by atoms with Crippen molar-refractivity contribution in [2.45, 2.75) is 13.0 Å². The van der Waals surface area contributed by atoms with E-state index >= 15 is 0 Å². The molecule has 0 aromatic heterocycles. The maximum absolute atomic E-state index is 11.5. The van der Waals surface area contributed by atoms with Crippen molar-refractivity contribution in [3.05, 3.63) is 40.4 Å². The Morgan fingerprint density at radius 2 is 1.91 bits per heavy atom. The van der Waals surface area contributed by atoms with Gasteiger partial charge in [0.05, 0.1) is 5.02 Å². The lowest BCUT2D eigenvalue weighted by atomic mass is 10.3. The maximum atomic E-state index is 11.5. The van der Waals surface area contributed by atoms with Crippen molar-refractivity contribution in [3.63, 3.8) is 0 Å². The van der Waals surface area contributed by atoms with E-state index < -0.39 is 18.0 Å². The summed E-state index contributed by atoms with van der Waals surface area (Å²) >= 11 is 11.6. The Morgan fingerprint density at radius 1 is 1.26 bits per heavy atom. The summed E-state index contributed by atoms with van der Waals surface area (Å²) in [6.45, 7) is 3.85. The fourth-order valence-electron chi connectivity index (χ4n) is 1.30. The van der Waals surface area contributed by atoms with Crippen LogP contribution in [0.1, 0.15) is 6.92 Å². The maximum Gasteiger partial charge on any atom is 0.344 e. The third kappa shape index (κ3) is 7.36. The zero-order chi connectivity index (χ0) is 17.4. The minimum absolute atomic E-state index is 0.211. The van der Waals surface area contributed by atoms with Crippen LogP contribution in [-0.2, 0) is 19.1 Å². The molecule has 1 unspecified atom stereocenters. The van der Waals surface area contributed by atoms with Gasteiger partial charge in [-0.2, -0.15) is 0 Å². The molecule has 23 heavy (non-hydrogen) atoms. The van der Waals surface area contributed by atoms with Gasteiger partial charge in [0, 0.05) is 10.6 Å². The molecule has 1 N–H and O–H groups in total. The zero-order valence-electron chi connectivity index (χ0n) is 12.4. The average Bonchev–Trinajstić information content (AvgIpc) is 2.49. The Morgan fingerprint density at radius 3 is 2.52 bits per heavy atom. The SMILES string of the molecule is C=C(C)C(=O)OCC(O)COC(=O)COc1ccc(Cl)cc1Cl. The number of carbonyl (C=O) groups excluding carboxylic acids is 2. The summed E-state index contributed by atoms with van der Waals surface area (Å²) in [6.07, 6.45) is -1.14. The molecule has 6 nitrogen and oxygen atoms in total. The number of aliphatic hydroxyl groups is 1. The highest BCUT2D eigenvalue weighted by Gasteiger charge is 2.13. The van der Waals surface area contributed by atoms with Gasteiger partial charge in [0.15, 0.2) is 6.61 Å². The molecule has 0 aliphatic rings. The van der Waals surface area contributed by atoms with Crippen LogP contribution in [0.3, 0.4) is 0 Å². The highest BCUT2D eigenvalue weighted by Crippen LogP contribution is 2.27. The topological polar surface area (TPSA) is 82.1 Å². The molecule has 0 aliphatic heterocycles. The van der Waals surface area contributed by atoms with Crippen molar-refractivity contribution in [1.29, 1.82) is 0 Å². The predicted molar refractivity (Wildman–Crippen MR) is 84.7 cm³/mol. The van der Waals surface area contributed by atoms with Crippen LogP contribution in [0.15, 0.2) is 30.4 Å². The average molecular weight is 363 g/mol. The van der Waals surface area contributed by atoms with E-state index in [9.17, 15) is 14.7 Å². The van der Waals surface area contributed by atoms with E-state index in [1.54, 1.807) is 6.07 Å². The van der Waals surface area contributed by atoms with Gasteiger partial charge >= 0.3 is 11.9 Å². The summed E-state index contributed by atoms with van der Waals surface area (Å²) in [5, 5.41) is 10.2. The summed E-state index contributed by atoms with van der Waals surface area (Å²) in [5.74, 6) is -1.05. The quantitative estimate of drug-likeness (QED) is 0.564. The highest BCUT2D eigenvalue weighted by atomic mass is 35.5. The van der Waals surface area contributed by atoms with Gasteiger partial charge in [-0.1, -0.05) is 29.8 Å². The van der Waals surface area contributed by atoms with Crippen molar-refractivity contribution in [2.24, 2.45) is 0 Å². The van der Waals surface area contributed by atoms with Crippen LogP contribution >= 0.6 is 23.2 Å². The molecule has 0 saturated heterocycles. The Balaban J connectivity index is 2.28. The highest BCUT2D eigenvalue weighted by molar-refractivity contribution is 6.35. The van der Waals surface area contributed by atoms with Crippen molar-refractivity contribution in [2.75, 3.05) is 19.8 Å². The molecule has 0 bridgehead atoms. The Bertz CT molecular complexity index is 587. The lowest BCUT2D eigenvalue weighted by Gasteiger charge is -2.12. The second-order valence-electron chi connectivity index (χ2n) is 4.58. The van der Waals surface area contributed by atoms with E-state index in [4.69, 9.17) is 37.4 Å². The second kappa shape index (κ2) is 9.39. The number of halogens is 2. The minimum atomic E-state index is -1.14. The molecule has 1 rings (SSSR count). The largest absolute Gasteiger partial charge is 0.480 e. The van der Waals surface area contributed by atoms with Gasteiger partial charge in [-0.15, -0.1) is 0 Å². The zero-order valence-corrected chi connectivity index (χ0v) is 13.9. The molecule has 1 aromatic carbocycles. The molecule has 0 radical (unpaired) electrons. The summed E-state index contributed by atoms with van der Waals surface area (Å²) in [6, 6.07) is 4.56. The van der Waals surface area contributed by atoms with Gasteiger partial charge in [-0.05, 0) is 25.1 Å². The first-order chi connectivity index (χ1) is 10.8. The molecule has 8 heteroatoms. The number of aliphatic hydroxyl groups excluding tert-OH is 1. The van der Waals surface area contributed by atoms with Gasteiger partial charge in [0.25, 0.3) is 0 Å². The lowest BCUT2D eigenvalue weighted by molar-refractivity contribution is -0.152. The summed E-state index contributed by atoms with van der Waals surface area (Å²) < 4.78 is 14.7. The number of rotatable bonds is 8. The standard InChI is InChI=1S/C15H16Cl2O6/c1-9(2)15(20)23-7-11(18)6-22-14(19)8-21-13-4-3-10(16)5-12(13)17/h3-5,11,18H,1,6-8H2,2H3. The Kier molecular flexibility index (Phi) is 7.88. The number of esters is 2. The van der Waals surface area contributed by atoms with Gasteiger partial charge < -0.3 is 19.3 Å². The van der Waals surface area contributed by atoms with Gasteiger partial charge in [-0.3, -0.25) is 0 Å². The Labute approximate surface area is 143 Å². The first kappa shape index (κ1) is 19.3. The molecule has 1 aromatic rings. The van der Waals surface area contributed by atoms with E-state index in [2.05, 4.69) is 6.58 Å². The summed E-state index contributed by atoms with van der Waals surface area (Å²) in [4.78, 5) is 22.6. The van der Waals surface area contributed by atoms with Gasteiger partial charge in [0.2, 0.25) is 0 Å². The lowest BCUT2D eigenvalue weighted by Crippen LogP contribution is -2.27. The Hall–Kier alpha value is -1.76. The van der Waals surface area contributed by atoms with Crippen LogP contribution in [0.4, 0.5) is 0 Å². The number of hydrogen-bond donors (Lipinski definition) is 1. The van der Waals surface area contributed by atoms with Crippen LogP contribution in [0.2, 0.25) is 10.0 Å². The van der Waals surface area contributed by atoms with Crippen LogP contribution in [0.5, 0.6) is 5.75 Å². The molecule has 1 atom stereocenters. The van der Waals surface area contributed by atoms with Crippen molar-refractivity contribution < 1.29 is 28.9 Å². The molecule has 0 spiro atoms. The number of carbonyl (C=O) groups is 2. The van der Waals surface area contributed by atoms with Gasteiger partial charge in [-0.25, -0.2) is 9.59 Å². The van der Waals surface area contributed by atoms with E-state index in [0.29, 0.717) is 5.02 Å². The molecule has 0 fully saturated rings. The number of benzene rings is 1. The third-order valence-corrected chi connectivity index (χ3v) is 2.96. The normalized spacial score (nSPS) is 11.5. The summed E-state index contributed by atoms with van der Waals surface area (Å²) in [7, 11) is 0. The van der Waals surface area contributed by atoms with Crippen LogP contribution in [0.25, 0.3) is 0 Å². The van der Waals surface area contributed by atoms with E-state index in [1.165, 1.54) is 19.1 Å². The smallest absolute Gasteiger partial charge is 0.344 e. The third-order valence-electron chi connectivity index (χ3n) is 2.43. The molecule has 0 aliphatic carbocycles. The van der Waals surface area contributed by atoms with Crippen molar-refractivity contribution >= 4 is 35.1 Å². The molecule has 126 valence electrons. The summed E-state index contributed by atoms with van der Waals surface area (Å²) in [5.41, 5.74) is 0.211. The molecule has 0 amide bonds. The van der Waals surface area contributed by atoms with Gasteiger partial charge in [0.1, 0.15) is 25.1 Å². The monoisotopic (exact) mass is 362 g/mol. The molecule has 0 saturated carbocycles. The van der Waals surface area contributed by atoms with Crippen LogP contribution in [0, 0.1) is 0 Å².